The van der Waals surface area contributed by atoms with Gasteiger partial charge < -0.3 is 4.90 Å². The number of sulfonamides is 1. The molecule has 120 valence electrons. The summed E-state index contributed by atoms with van der Waals surface area (Å²) >= 11 is 0. The summed E-state index contributed by atoms with van der Waals surface area (Å²) in [5.74, 6) is 0. The van der Waals surface area contributed by atoms with Gasteiger partial charge in [-0.1, -0.05) is 13.8 Å². The zero-order valence-corrected chi connectivity index (χ0v) is 13.5. The van der Waals surface area contributed by atoms with Gasteiger partial charge in [-0.2, -0.15) is 8.42 Å². The van der Waals surface area contributed by atoms with Crippen LogP contribution >= 0.6 is 0 Å². The molecule has 1 N–H and O–H groups in total. The fourth-order valence-electron chi connectivity index (χ4n) is 1.74. The van der Waals surface area contributed by atoms with E-state index in [0.29, 0.717) is 6.54 Å². The molecule has 0 spiro atoms. The lowest BCUT2D eigenvalue weighted by atomic mass is 10.4. The molecule has 1 aromatic rings. The molecule has 0 atom stereocenters. The van der Waals surface area contributed by atoms with Crippen molar-refractivity contribution >= 4 is 20.2 Å². The number of benzene rings is 1. The Kier molecular flexibility index (Phi) is 6.26. The first-order valence-electron chi connectivity index (χ1n) is 6.47. The molecule has 6 nitrogen and oxygen atoms in total. The highest BCUT2D eigenvalue weighted by molar-refractivity contribution is 7.89. The molecule has 0 radical (unpaired) electrons. The fraction of sp³-hybridized carbons (Fsp3) is 0.500. The number of nitrogens with zero attached hydrogens (tertiary/aromatic N) is 1. The minimum Gasteiger partial charge on any atom is -0.303 e. The van der Waals surface area contributed by atoms with Crippen LogP contribution in [0.2, 0.25) is 0 Å². The first kappa shape index (κ1) is 18.0. The summed E-state index contributed by atoms with van der Waals surface area (Å²) in [6, 6.07) is 3.97. The summed E-state index contributed by atoms with van der Waals surface area (Å²) in [4.78, 5) is 1.39. The predicted molar refractivity (Wildman–Crippen MR) is 77.7 cm³/mol. The van der Waals surface area contributed by atoms with Crippen LogP contribution in [0, 0.1) is 0 Å². The Labute approximate surface area is 125 Å². The number of hydrogen-bond acceptors (Lipinski definition) is 5. The topological polar surface area (TPSA) is 83.6 Å². The van der Waals surface area contributed by atoms with Crippen molar-refractivity contribution in [2.24, 2.45) is 0 Å². The quantitative estimate of drug-likeness (QED) is 0.714. The zero-order chi connectivity index (χ0) is 16.1. The van der Waals surface area contributed by atoms with Crippen molar-refractivity contribution in [1.29, 1.82) is 0 Å². The Hall–Kier alpha value is -1.03. The Morgan fingerprint density at radius 1 is 1.00 bits per heavy atom. The maximum Gasteiger partial charge on any atom is 0.332 e. The average Bonchev–Trinajstić information content (AvgIpc) is 2.43. The minimum atomic E-state index is -4.82. The summed E-state index contributed by atoms with van der Waals surface area (Å²) in [6.07, 6.45) is 0. The molecule has 21 heavy (non-hydrogen) atoms. The maximum atomic E-state index is 12.7. The zero-order valence-electron chi connectivity index (χ0n) is 11.9. The van der Waals surface area contributed by atoms with E-state index in [-0.39, 0.29) is 11.4 Å². The lowest BCUT2D eigenvalue weighted by Gasteiger charge is -2.18. The van der Waals surface area contributed by atoms with Gasteiger partial charge in [0.2, 0.25) is 10.0 Å². The molecular formula is C12H19FN2O4S2. The van der Waals surface area contributed by atoms with E-state index in [9.17, 15) is 20.7 Å². The van der Waals surface area contributed by atoms with Crippen LogP contribution in [0.3, 0.4) is 0 Å². The van der Waals surface area contributed by atoms with E-state index in [1.165, 1.54) is 0 Å². The molecule has 9 heteroatoms. The summed E-state index contributed by atoms with van der Waals surface area (Å²) in [6.45, 7) is 6.42. The number of likely N-dealkylation sites (N-methyl/N-ethyl adjacent to an activating group) is 1. The van der Waals surface area contributed by atoms with Crippen LogP contribution in [-0.2, 0) is 20.2 Å². The van der Waals surface area contributed by atoms with Gasteiger partial charge in [0.1, 0.15) is 0 Å². The summed E-state index contributed by atoms with van der Waals surface area (Å²) < 4.78 is 60.4. The third-order valence-electron chi connectivity index (χ3n) is 3.03. The number of nitrogens with one attached hydrogen (secondary N) is 1. The molecule has 0 aliphatic heterocycles. The molecule has 0 amide bonds. The highest BCUT2D eigenvalue weighted by atomic mass is 32.3. The van der Waals surface area contributed by atoms with E-state index in [0.717, 1.165) is 37.4 Å². The van der Waals surface area contributed by atoms with E-state index in [1.54, 1.807) is 0 Å². The lowest BCUT2D eigenvalue weighted by molar-refractivity contribution is 0.309. The minimum absolute atomic E-state index is 0.102. The Morgan fingerprint density at radius 2 is 1.48 bits per heavy atom. The van der Waals surface area contributed by atoms with Gasteiger partial charge in [0.05, 0.1) is 9.79 Å². The normalized spacial score (nSPS) is 12.8. The lowest BCUT2D eigenvalue weighted by Crippen LogP contribution is -2.34. The van der Waals surface area contributed by atoms with E-state index < -0.39 is 25.1 Å². The highest BCUT2D eigenvalue weighted by Crippen LogP contribution is 2.15. The largest absolute Gasteiger partial charge is 0.332 e. The molecule has 1 aromatic carbocycles. The van der Waals surface area contributed by atoms with Gasteiger partial charge in [-0.3, -0.25) is 0 Å². The third kappa shape index (κ3) is 5.34. The van der Waals surface area contributed by atoms with E-state index in [1.807, 2.05) is 13.8 Å². The number of halogens is 1. The second-order valence-electron chi connectivity index (χ2n) is 4.33. The smallest absolute Gasteiger partial charge is 0.303 e. The summed E-state index contributed by atoms with van der Waals surface area (Å²) in [5.41, 5.74) is 0. The van der Waals surface area contributed by atoms with Crippen molar-refractivity contribution in [3.63, 3.8) is 0 Å². The van der Waals surface area contributed by atoms with Crippen LogP contribution in [0.4, 0.5) is 3.89 Å². The molecule has 0 bridgehead atoms. The molecule has 0 saturated carbocycles. The average molecular weight is 338 g/mol. The van der Waals surface area contributed by atoms with E-state index >= 15 is 0 Å². The molecule has 0 fully saturated rings. The monoisotopic (exact) mass is 338 g/mol. The molecule has 0 saturated heterocycles. The molecule has 1 rings (SSSR count). The van der Waals surface area contributed by atoms with Crippen molar-refractivity contribution in [1.82, 2.24) is 9.62 Å². The van der Waals surface area contributed by atoms with Gasteiger partial charge in [-0.15, -0.1) is 3.89 Å². The summed E-state index contributed by atoms with van der Waals surface area (Å²) in [5, 5.41) is 0. The van der Waals surface area contributed by atoms with E-state index in [4.69, 9.17) is 0 Å². The molecule has 0 heterocycles. The SMILES string of the molecule is CCN(CC)CCNS(=O)(=O)c1ccc(S(=O)(=O)F)cc1. The van der Waals surface area contributed by atoms with Crippen LogP contribution in [0.1, 0.15) is 13.8 Å². The Bertz CT molecular complexity index is 653. The van der Waals surface area contributed by atoms with Crippen molar-refractivity contribution < 1.29 is 20.7 Å². The van der Waals surface area contributed by atoms with Crippen molar-refractivity contribution in [3.8, 4) is 0 Å². The fourth-order valence-corrected chi connectivity index (χ4v) is 3.22. The summed E-state index contributed by atoms with van der Waals surface area (Å²) in [7, 11) is -8.55. The van der Waals surface area contributed by atoms with Crippen LogP contribution in [0.25, 0.3) is 0 Å². The molecular weight excluding hydrogens is 319 g/mol. The number of hydrogen-bond donors (Lipinski definition) is 1. The Balaban J connectivity index is 2.75. The molecule has 0 aliphatic rings. The first-order chi connectivity index (χ1) is 9.70. The maximum absolute atomic E-state index is 12.7. The van der Waals surface area contributed by atoms with Crippen LogP contribution in [0.15, 0.2) is 34.1 Å². The number of rotatable bonds is 8. The van der Waals surface area contributed by atoms with Gasteiger partial charge in [-0.25, -0.2) is 13.1 Å². The van der Waals surface area contributed by atoms with Crippen molar-refractivity contribution in [2.45, 2.75) is 23.6 Å². The highest BCUT2D eigenvalue weighted by Gasteiger charge is 2.17. The van der Waals surface area contributed by atoms with Gasteiger partial charge in [0.15, 0.2) is 0 Å². The van der Waals surface area contributed by atoms with Crippen LogP contribution < -0.4 is 4.72 Å². The molecule has 0 aromatic heterocycles. The van der Waals surface area contributed by atoms with E-state index in [2.05, 4.69) is 9.62 Å². The van der Waals surface area contributed by atoms with Crippen molar-refractivity contribution in [2.75, 3.05) is 26.2 Å². The van der Waals surface area contributed by atoms with Crippen LogP contribution in [0.5, 0.6) is 0 Å². The second kappa shape index (κ2) is 7.30. The van der Waals surface area contributed by atoms with Gasteiger partial charge in [-0.05, 0) is 37.4 Å². The molecule has 0 aliphatic carbocycles. The molecule has 0 unspecified atom stereocenters. The van der Waals surface area contributed by atoms with Gasteiger partial charge in [0.25, 0.3) is 0 Å². The van der Waals surface area contributed by atoms with Gasteiger partial charge >= 0.3 is 10.2 Å². The van der Waals surface area contributed by atoms with Gasteiger partial charge in [0, 0.05) is 13.1 Å². The van der Waals surface area contributed by atoms with Crippen molar-refractivity contribution in [3.05, 3.63) is 24.3 Å². The predicted octanol–water partition coefficient (Wildman–Crippen LogP) is 0.965. The van der Waals surface area contributed by atoms with Crippen LogP contribution in [-0.4, -0.2) is 47.9 Å². The Morgan fingerprint density at radius 3 is 1.90 bits per heavy atom. The first-order valence-corrected chi connectivity index (χ1v) is 9.34. The second-order valence-corrected chi connectivity index (χ2v) is 7.45. The standard InChI is InChI=1S/C12H19FN2O4S2/c1-3-15(4-2)10-9-14-21(18,19)12-7-5-11(6-8-12)20(13,16)17/h5-8,14H,3-4,9-10H2,1-2H3. The third-order valence-corrected chi connectivity index (χ3v) is 5.34.